The van der Waals surface area contributed by atoms with Crippen molar-refractivity contribution in [2.24, 2.45) is 5.41 Å². The molecule has 0 N–H and O–H groups in total. The van der Waals surface area contributed by atoms with Gasteiger partial charge in [0.15, 0.2) is 0 Å². The monoisotopic (exact) mass is 240 g/mol. The van der Waals surface area contributed by atoms with Crippen LogP contribution in [-0.4, -0.2) is 54.9 Å². The van der Waals surface area contributed by atoms with Gasteiger partial charge in [0.2, 0.25) is 0 Å². The molecule has 1 fully saturated rings. The van der Waals surface area contributed by atoms with Crippen LogP contribution in [0.1, 0.15) is 40.5 Å². The van der Waals surface area contributed by atoms with Gasteiger partial charge >= 0.3 is 0 Å². The van der Waals surface area contributed by atoms with E-state index in [9.17, 15) is 4.79 Å². The number of carbonyl (C=O) groups excluding carboxylic acids is 1. The summed E-state index contributed by atoms with van der Waals surface area (Å²) >= 11 is 0. The Hall–Kier alpha value is -0.410. The van der Waals surface area contributed by atoms with E-state index in [1.54, 1.807) is 0 Å². The summed E-state index contributed by atoms with van der Waals surface area (Å²) in [5.41, 5.74) is -0.184. The van der Waals surface area contributed by atoms with Crippen LogP contribution >= 0.6 is 0 Å². The van der Waals surface area contributed by atoms with Crippen LogP contribution in [-0.2, 0) is 4.79 Å². The summed E-state index contributed by atoms with van der Waals surface area (Å²) in [5, 5.41) is 0. The number of nitrogens with zero attached hydrogens (tertiary/aromatic N) is 2. The third-order valence-corrected chi connectivity index (χ3v) is 3.82. The number of likely N-dealkylation sites (N-methyl/N-ethyl adjacent to an activating group) is 1. The van der Waals surface area contributed by atoms with E-state index in [1.807, 2.05) is 20.8 Å². The van der Waals surface area contributed by atoms with Gasteiger partial charge in [-0.05, 0) is 13.5 Å². The Morgan fingerprint density at radius 2 is 1.94 bits per heavy atom. The molecule has 3 nitrogen and oxygen atoms in total. The lowest BCUT2D eigenvalue weighted by Crippen LogP contribution is -2.51. The average molecular weight is 240 g/mol. The van der Waals surface area contributed by atoms with Crippen LogP contribution in [0.15, 0.2) is 0 Å². The maximum Gasteiger partial charge on any atom is 0.139 e. The van der Waals surface area contributed by atoms with Gasteiger partial charge in [-0.1, -0.05) is 27.7 Å². The molecule has 1 saturated heterocycles. The Kier molecular flexibility index (Phi) is 5.14. The fourth-order valence-electron chi connectivity index (χ4n) is 2.29. The molecule has 1 aliphatic rings. The zero-order valence-electron chi connectivity index (χ0n) is 12.1. The number of ketones is 1. The smallest absolute Gasteiger partial charge is 0.139 e. The molecule has 1 rings (SSSR count). The molecule has 100 valence electrons. The van der Waals surface area contributed by atoms with E-state index in [4.69, 9.17) is 0 Å². The van der Waals surface area contributed by atoms with Crippen molar-refractivity contribution in [2.45, 2.75) is 46.6 Å². The standard InChI is InChI=1S/C14H28N2O/c1-6-12-11-16(10-9-15(12)5)8-7-13(17)14(2,3)4/h12H,6-11H2,1-5H3. The van der Waals surface area contributed by atoms with Crippen molar-refractivity contribution >= 4 is 5.78 Å². The highest BCUT2D eigenvalue weighted by atomic mass is 16.1. The lowest BCUT2D eigenvalue weighted by molar-refractivity contribution is -0.126. The number of hydrogen-bond donors (Lipinski definition) is 0. The largest absolute Gasteiger partial charge is 0.301 e. The molecule has 0 amide bonds. The van der Waals surface area contributed by atoms with Crippen molar-refractivity contribution < 1.29 is 4.79 Å². The van der Waals surface area contributed by atoms with Crippen LogP contribution in [0, 0.1) is 5.41 Å². The lowest BCUT2D eigenvalue weighted by Gasteiger charge is -2.39. The minimum absolute atomic E-state index is 0.184. The molecule has 0 radical (unpaired) electrons. The molecule has 0 aromatic rings. The third-order valence-electron chi connectivity index (χ3n) is 3.82. The first-order valence-electron chi connectivity index (χ1n) is 6.80. The second kappa shape index (κ2) is 5.96. The molecule has 1 aliphatic heterocycles. The summed E-state index contributed by atoms with van der Waals surface area (Å²) in [6.07, 6.45) is 1.89. The van der Waals surface area contributed by atoms with Gasteiger partial charge in [0.25, 0.3) is 0 Å². The quantitative estimate of drug-likeness (QED) is 0.751. The molecular weight excluding hydrogens is 212 g/mol. The molecule has 17 heavy (non-hydrogen) atoms. The van der Waals surface area contributed by atoms with E-state index < -0.39 is 0 Å². The second-order valence-electron chi connectivity index (χ2n) is 6.27. The first kappa shape index (κ1) is 14.7. The molecule has 0 spiro atoms. The average Bonchev–Trinajstić information content (AvgIpc) is 2.26. The van der Waals surface area contributed by atoms with Gasteiger partial charge < -0.3 is 9.80 Å². The normalized spacial score (nSPS) is 23.9. The third kappa shape index (κ3) is 4.40. The second-order valence-corrected chi connectivity index (χ2v) is 6.27. The molecule has 0 aromatic heterocycles. The topological polar surface area (TPSA) is 23.6 Å². The Morgan fingerprint density at radius 3 is 2.47 bits per heavy atom. The summed E-state index contributed by atoms with van der Waals surface area (Å²) in [6.45, 7) is 12.5. The molecule has 0 saturated carbocycles. The predicted molar refractivity (Wildman–Crippen MR) is 72.2 cm³/mol. The molecule has 1 heterocycles. The van der Waals surface area contributed by atoms with Crippen LogP contribution in [0.4, 0.5) is 0 Å². The van der Waals surface area contributed by atoms with Crippen molar-refractivity contribution in [3.8, 4) is 0 Å². The van der Waals surface area contributed by atoms with Gasteiger partial charge in [-0.3, -0.25) is 4.79 Å². The number of carbonyl (C=O) groups is 1. The fraction of sp³-hybridized carbons (Fsp3) is 0.929. The summed E-state index contributed by atoms with van der Waals surface area (Å²) in [7, 11) is 2.20. The molecular formula is C14H28N2O. The summed E-state index contributed by atoms with van der Waals surface area (Å²) in [5.74, 6) is 0.379. The first-order valence-corrected chi connectivity index (χ1v) is 6.80. The summed E-state index contributed by atoms with van der Waals surface area (Å²) in [6, 6.07) is 0.661. The predicted octanol–water partition coefficient (Wildman–Crippen LogP) is 2.02. The SMILES string of the molecule is CCC1CN(CCC(=O)C(C)(C)C)CCN1C. The van der Waals surface area contributed by atoms with Crippen LogP contribution in [0.2, 0.25) is 0 Å². The van der Waals surface area contributed by atoms with Crippen LogP contribution in [0.5, 0.6) is 0 Å². The van der Waals surface area contributed by atoms with Crippen molar-refractivity contribution in [3.05, 3.63) is 0 Å². The Balaban J connectivity index is 2.36. The van der Waals surface area contributed by atoms with Crippen molar-refractivity contribution in [1.29, 1.82) is 0 Å². The van der Waals surface area contributed by atoms with Gasteiger partial charge in [-0.15, -0.1) is 0 Å². The van der Waals surface area contributed by atoms with E-state index in [0.717, 1.165) is 26.2 Å². The maximum atomic E-state index is 11.9. The molecule has 1 unspecified atom stereocenters. The highest BCUT2D eigenvalue weighted by Gasteiger charge is 2.25. The van der Waals surface area contributed by atoms with Crippen molar-refractivity contribution in [3.63, 3.8) is 0 Å². The first-order chi connectivity index (χ1) is 7.84. The molecule has 0 bridgehead atoms. The molecule has 3 heteroatoms. The van der Waals surface area contributed by atoms with Gasteiger partial charge in [-0.2, -0.15) is 0 Å². The van der Waals surface area contributed by atoms with E-state index in [1.165, 1.54) is 6.42 Å². The van der Waals surface area contributed by atoms with Gasteiger partial charge in [0, 0.05) is 44.1 Å². The Labute approximate surface area is 106 Å². The van der Waals surface area contributed by atoms with Crippen molar-refractivity contribution in [2.75, 3.05) is 33.2 Å². The van der Waals surface area contributed by atoms with E-state index >= 15 is 0 Å². The van der Waals surface area contributed by atoms with E-state index in [0.29, 0.717) is 18.2 Å². The van der Waals surface area contributed by atoms with Crippen LogP contribution in [0.25, 0.3) is 0 Å². The Bertz CT molecular complexity index is 257. The van der Waals surface area contributed by atoms with Crippen molar-refractivity contribution in [1.82, 2.24) is 9.80 Å². The number of Topliss-reactive ketones (excluding diaryl/α,β-unsaturated/α-hetero) is 1. The minimum atomic E-state index is -0.184. The number of piperazine rings is 1. The summed E-state index contributed by atoms with van der Waals surface area (Å²) < 4.78 is 0. The van der Waals surface area contributed by atoms with Gasteiger partial charge in [-0.25, -0.2) is 0 Å². The zero-order valence-corrected chi connectivity index (χ0v) is 12.1. The highest BCUT2D eigenvalue weighted by Crippen LogP contribution is 2.18. The van der Waals surface area contributed by atoms with Gasteiger partial charge in [0.05, 0.1) is 0 Å². The van der Waals surface area contributed by atoms with Crippen LogP contribution < -0.4 is 0 Å². The lowest BCUT2D eigenvalue weighted by atomic mass is 9.89. The number of rotatable bonds is 4. The van der Waals surface area contributed by atoms with E-state index in [2.05, 4.69) is 23.8 Å². The fourth-order valence-corrected chi connectivity index (χ4v) is 2.29. The molecule has 0 aliphatic carbocycles. The zero-order chi connectivity index (χ0) is 13.1. The number of hydrogen-bond acceptors (Lipinski definition) is 3. The van der Waals surface area contributed by atoms with Crippen LogP contribution in [0.3, 0.4) is 0 Å². The molecule has 1 atom stereocenters. The summed E-state index contributed by atoms with van der Waals surface area (Å²) in [4.78, 5) is 16.8. The maximum absolute atomic E-state index is 11.9. The molecule has 0 aromatic carbocycles. The van der Waals surface area contributed by atoms with E-state index in [-0.39, 0.29) is 5.41 Å². The highest BCUT2D eigenvalue weighted by molar-refractivity contribution is 5.83. The van der Waals surface area contributed by atoms with Gasteiger partial charge in [0.1, 0.15) is 5.78 Å². The Morgan fingerprint density at radius 1 is 1.29 bits per heavy atom. The minimum Gasteiger partial charge on any atom is -0.301 e.